The van der Waals surface area contributed by atoms with Crippen LogP contribution in [0.1, 0.15) is 28.8 Å². The molecule has 0 spiro atoms. The molecule has 1 aromatic carbocycles. The predicted octanol–water partition coefficient (Wildman–Crippen LogP) is 3.85. The number of nitrogens with zero attached hydrogens (tertiary/aromatic N) is 3. The molecule has 1 aliphatic heterocycles. The lowest BCUT2D eigenvalue weighted by Gasteiger charge is -2.18. The van der Waals surface area contributed by atoms with Crippen molar-refractivity contribution in [1.82, 2.24) is 9.97 Å². The third-order valence-electron chi connectivity index (χ3n) is 4.28. The van der Waals surface area contributed by atoms with Crippen molar-refractivity contribution < 1.29 is 4.79 Å². The van der Waals surface area contributed by atoms with Crippen LogP contribution in [0.3, 0.4) is 0 Å². The average Bonchev–Trinajstić information content (AvgIpc) is 3.24. The lowest BCUT2D eigenvalue weighted by atomic mass is 10.2. The molecule has 0 radical (unpaired) electrons. The van der Waals surface area contributed by atoms with Crippen molar-refractivity contribution >= 4 is 38.4 Å². The van der Waals surface area contributed by atoms with E-state index in [0.29, 0.717) is 10.7 Å². The number of fused-ring (bicyclic) bond motifs is 1. The van der Waals surface area contributed by atoms with E-state index in [4.69, 9.17) is 0 Å². The smallest absolute Gasteiger partial charge is 0.261 e. The van der Waals surface area contributed by atoms with E-state index >= 15 is 0 Å². The average molecular weight is 338 g/mol. The molecule has 6 heteroatoms. The normalized spacial score (nSPS) is 14.3. The van der Waals surface area contributed by atoms with Gasteiger partial charge in [0.25, 0.3) is 5.91 Å². The van der Waals surface area contributed by atoms with E-state index in [-0.39, 0.29) is 5.91 Å². The van der Waals surface area contributed by atoms with Crippen molar-refractivity contribution in [2.75, 3.05) is 23.3 Å². The monoisotopic (exact) mass is 338 g/mol. The van der Waals surface area contributed by atoms with Gasteiger partial charge >= 0.3 is 0 Å². The minimum Gasteiger partial charge on any atom is -0.356 e. The highest BCUT2D eigenvalue weighted by molar-refractivity contribution is 7.22. The van der Waals surface area contributed by atoms with E-state index in [1.165, 1.54) is 11.3 Å². The summed E-state index contributed by atoms with van der Waals surface area (Å²) in [4.78, 5) is 23.9. The van der Waals surface area contributed by atoms with Gasteiger partial charge in [0.1, 0.15) is 5.82 Å². The van der Waals surface area contributed by atoms with Crippen LogP contribution in [-0.4, -0.2) is 29.0 Å². The fraction of sp³-hybridized carbons (Fsp3) is 0.278. The molecular formula is C18H18N4OS. The zero-order valence-electron chi connectivity index (χ0n) is 13.5. The Kier molecular flexibility index (Phi) is 3.90. The quantitative estimate of drug-likeness (QED) is 0.788. The molecule has 0 aliphatic carbocycles. The number of rotatable bonds is 3. The molecule has 1 saturated heterocycles. The molecule has 0 saturated carbocycles. The van der Waals surface area contributed by atoms with E-state index in [9.17, 15) is 4.79 Å². The third-order valence-corrected chi connectivity index (χ3v) is 5.21. The summed E-state index contributed by atoms with van der Waals surface area (Å²) in [5, 5.41) is 3.57. The van der Waals surface area contributed by atoms with Gasteiger partial charge in [0.05, 0.1) is 15.8 Å². The van der Waals surface area contributed by atoms with Gasteiger partial charge in [-0.2, -0.15) is 0 Å². The number of hydrogen-bond acceptors (Lipinski definition) is 5. The highest BCUT2D eigenvalue weighted by Crippen LogP contribution is 2.29. The molecule has 3 heterocycles. The first-order valence-corrected chi connectivity index (χ1v) is 8.91. The number of aromatic nitrogens is 2. The largest absolute Gasteiger partial charge is 0.356 e. The lowest BCUT2D eigenvalue weighted by Crippen LogP contribution is -2.24. The zero-order chi connectivity index (χ0) is 16.5. The summed E-state index contributed by atoms with van der Waals surface area (Å²) in [6, 6.07) is 9.69. The number of anilines is 2. The molecule has 122 valence electrons. The van der Waals surface area contributed by atoms with Crippen LogP contribution < -0.4 is 10.2 Å². The summed E-state index contributed by atoms with van der Waals surface area (Å²) in [6.45, 7) is 3.94. The molecule has 0 atom stereocenters. The molecule has 2 aromatic heterocycles. The van der Waals surface area contributed by atoms with Crippen molar-refractivity contribution in [1.29, 1.82) is 0 Å². The van der Waals surface area contributed by atoms with Crippen LogP contribution in [-0.2, 0) is 0 Å². The second-order valence-corrected chi connectivity index (χ2v) is 6.99. The minimum atomic E-state index is -0.151. The van der Waals surface area contributed by atoms with Crippen LogP contribution in [0.15, 0.2) is 36.5 Å². The van der Waals surface area contributed by atoms with Gasteiger partial charge in [0, 0.05) is 19.3 Å². The van der Waals surface area contributed by atoms with Crippen LogP contribution >= 0.6 is 11.3 Å². The van der Waals surface area contributed by atoms with E-state index in [2.05, 4.69) is 20.2 Å². The summed E-state index contributed by atoms with van der Waals surface area (Å²) >= 11 is 1.50. The number of carbonyl (C=O) groups excluding carboxylic acids is 1. The summed E-state index contributed by atoms with van der Waals surface area (Å²) in [5.74, 6) is 0.617. The number of aryl methyl sites for hydroxylation is 1. The van der Waals surface area contributed by atoms with Crippen molar-refractivity contribution in [3.8, 4) is 0 Å². The first-order valence-electron chi connectivity index (χ1n) is 8.10. The molecule has 1 N–H and O–H groups in total. The molecule has 0 bridgehead atoms. The molecular weight excluding hydrogens is 320 g/mol. The number of hydrogen-bond donors (Lipinski definition) is 1. The number of benzene rings is 1. The van der Waals surface area contributed by atoms with Crippen LogP contribution in [0.2, 0.25) is 0 Å². The number of para-hydroxylation sites is 1. The van der Waals surface area contributed by atoms with Gasteiger partial charge in [-0.3, -0.25) is 10.1 Å². The van der Waals surface area contributed by atoms with Crippen molar-refractivity contribution in [2.24, 2.45) is 0 Å². The highest BCUT2D eigenvalue weighted by Gasteiger charge is 2.21. The van der Waals surface area contributed by atoms with Gasteiger partial charge < -0.3 is 4.90 Å². The molecule has 1 aliphatic rings. The molecule has 3 aromatic rings. The zero-order valence-corrected chi connectivity index (χ0v) is 14.3. The highest BCUT2D eigenvalue weighted by atomic mass is 32.1. The van der Waals surface area contributed by atoms with Crippen molar-refractivity contribution in [3.05, 3.63) is 47.7 Å². The summed E-state index contributed by atoms with van der Waals surface area (Å²) in [7, 11) is 0. The summed E-state index contributed by atoms with van der Waals surface area (Å²) in [6.07, 6.45) is 4.04. The van der Waals surface area contributed by atoms with Gasteiger partial charge in [-0.1, -0.05) is 23.5 Å². The minimum absolute atomic E-state index is 0.151. The Balaban J connectivity index is 1.63. The molecule has 1 amide bonds. The Morgan fingerprint density at radius 3 is 2.83 bits per heavy atom. The van der Waals surface area contributed by atoms with Crippen molar-refractivity contribution in [2.45, 2.75) is 19.8 Å². The number of thiazole rings is 1. The predicted molar refractivity (Wildman–Crippen MR) is 98.0 cm³/mol. The number of pyridine rings is 1. The Hall–Kier alpha value is -2.47. The third kappa shape index (κ3) is 2.73. The molecule has 5 nitrogen and oxygen atoms in total. The lowest BCUT2D eigenvalue weighted by molar-refractivity contribution is 0.102. The van der Waals surface area contributed by atoms with Crippen molar-refractivity contribution in [3.63, 3.8) is 0 Å². The van der Waals surface area contributed by atoms with E-state index < -0.39 is 0 Å². The van der Waals surface area contributed by atoms with Gasteiger partial charge in [-0.05, 0) is 43.5 Å². The van der Waals surface area contributed by atoms with Crippen LogP contribution in [0.4, 0.5) is 10.9 Å². The maximum absolute atomic E-state index is 12.7. The Labute approximate surface area is 144 Å². The standard InChI is InChI=1S/C18H18N4OS/c1-12-6-4-8-14-15(12)20-18(24-14)21-17(23)13-7-5-9-19-16(13)22-10-2-3-11-22/h4-9H,2-3,10-11H2,1H3,(H,20,21,23). The Bertz CT molecular complexity index is 899. The maximum Gasteiger partial charge on any atom is 0.261 e. The fourth-order valence-corrected chi connectivity index (χ4v) is 4.00. The number of carbonyl (C=O) groups is 1. The van der Waals surface area contributed by atoms with Gasteiger partial charge in [-0.25, -0.2) is 9.97 Å². The van der Waals surface area contributed by atoms with Crippen LogP contribution in [0.5, 0.6) is 0 Å². The summed E-state index contributed by atoms with van der Waals surface area (Å²) < 4.78 is 1.08. The van der Waals surface area contributed by atoms with Gasteiger partial charge in [0.15, 0.2) is 5.13 Å². The Morgan fingerprint density at radius 1 is 1.21 bits per heavy atom. The second-order valence-electron chi connectivity index (χ2n) is 5.96. The molecule has 24 heavy (non-hydrogen) atoms. The molecule has 4 rings (SSSR count). The van der Waals surface area contributed by atoms with E-state index in [1.54, 1.807) is 12.3 Å². The second kappa shape index (κ2) is 6.20. The van der Waals surface area contributed by atoms with Gasteiger partial charge in [0.2, 0.25) is 0 Å². The first-order chi connectivity index (χ1) is 11.7. The maximum atomic E-state index is 12.7. The van der Waals surface area contributed by atoms with Crippen LogP contribution in [0.25, 0.3) is 10.2 Å². The number of amides is 1. The topological polar surface area (TPSA) is 58.1 Å². The van der Waals surface area contributed by atoms with E-state index in [1.807, 2.05) is 31.2 Å². The molecule has 1 fully saturated rings. The number of nitrogens with one attached hydrogen (secondary N) is 1. The fourth-order valence-electron chi connectivity index (χ4n) is 3.06. The first kappa shape index (κ1) is 15.1. The SMILES string of the molecule is Cc1cccc2sc(NC(=O)c3cccnc3N3CCCC3)nc12. The molecule has 0 unspecified atom stereocenters. The van der Waals surface area contributed by atoms with Crippen LogP contribution in [0, 0.1) is 6.92 Å². The van der Waals surface area contributed by atoms with E-state index in [0.717, 1.165) is 47.5 Å². The van der Waals surface area contributed by atoms with Gasteiger partial charge in [-0.15, -0.1) is 0 Å². The Morgan fingerprint density at radius 2 is 2.04 bits per heavy atom. The summed E-state index contributed by atoms with van der Waals surface area (Å²) in [5.41, 5.74) is 2.67.